The summed E-state index contributed by atoms with van der Waals surface area (Å²) in [5, 5.41) is 12.3. The minimum absolute atomic E-state index is 0.361. The highest BCUT2D eigenvalue weighted by Crippen LogP contribution is 2.23. The van der Waals surface area contributed by atoms with Crippen LogP contribution in [0.3, 0.4) is 0 Å². The molecule has 2 aromatic carbocycles. The molecule has 24 heavy (non-hydrogen) atoms. The molecule has 0 saturated carbocycles. The number of aromatic amines is 1. The summed E-state index contributed by atoms with van der Waals surface area (Å²) in [6, 6.07) is 12.7. The smallest absolute Gasteiger partial charge is 0.216 e. The molecule has 0 spiro atoms. The SMILES string of the molecule is COc1ccc(-c2n[nH]c(=S)n2N=Cc2c(Cl)cccc2Cl)cc1. The van der Waals surface area contributed by atoms with Crippen molar-refractivity contribution in [3.63, 3.8) is 0 Å². The topological polar surface area (TPSA) is 55.2 Å². The van der Waals surface area contributed by atoms with Crippen molar-refractivity contribution in [2.75, 3.05) is 7.11 Å². The Balaban J connectivity index is 2.01. The first-order chi connectivity index (χ1) is 11.6. The number of rotatable bonds is 4. The van der Waals surface area contributed by atoms with Crippen LogP contribution in [0.15, 0.2) is 47.6 Å². The van der Waals surface area contributed by atoms with Gasteiger partial charge in [-0.05, 0) is 48.6 Å². The lowest BCUT2D eigenvalue weighted by Crippen LogP contribution is -1.96. The molecule has 0 saturated heterocycles. The second kappa shape index (κ2) is 7.17. The van der Waals surface area contributed by atoms with Crippen molar-refractivity contribution in [3.05, 3.63) is 62.8 Å². The highest BCUT2D eigenvalue weighted by Gasteiger charge is 2.09. The highest BCUT2D eigenvalue weighted by molar-refractivity contribution is 7.71. The molecule has 0 unspecified atom stereocenters. The predicted octanol–water partition coefficient (Wildman–Crippen LogP) is 4.81. The van der Waals surface area contributed by atoms with Gasteiger partial charge in [-0.2, -0.15) is 14.9 Å². The molecule has 0 bridgehead atoms. The molecule has 0 fully saturated rings. The van der Waals surface area contributed by atoms with E-state index in [9.17, 15) is 0 Å². The van der Waals surface area contributed by atoms with Gasteiger partial charge in [-0.1, -0.05) is 29.3 Å². The molecule has 5 nitrogen and oxygen atoms in total. The maximum atomic E-state index is 6.15. The number of halogens is 2. The van der Waals surface area contributed by atoms with Crippen LogP contribution in [0.25, 0.3) is 11.4 Å². The second-order valence-corrected chi connectivity index (χ2v) is 5.97. The number of H-pyrrole nitrogens is 1. The number of benzene rings is 2. The summed E-state index contributed by atoms with van der Waals surface area (Å²) in [5.74, 6) is 1.33. The maximum absolute atomic E-state index is 6.15. The maximum Gasteiger partial charge on any atom is 0.216 e. The van der Waals surface area contributed by atoms with E-state index in [0.717, 1.165) is 11.3 Å². The molecule has 0 aliphatic rings. The Kier molecular flexibility index (Phi) is 4.99. The molecule has 0 aliphatic heterocycles. The molecular formula is C16H12Cl2N4OS. The quantitative estimate of drug-likeness (QED) is 0.523. The fourth-order valence-corrected chi connectivity index (χ4v) is 2.75. The molecular weight excluding hydrogens is 367 g/mol. The molecule has 8 heteroatoms. The van der Waals surface area contributed by atoms with E-state index in [2.05, 4.69) is 15.3 Å². The first-order valence-corrected chi connectivity index (χ1v) is 8.07. The molecule has 3 rings (SSSR count). The third kappa shape index (κ3) is 3.36. The molecule has 1 heterocycles. The van der Waals surface area contributed by atoms with Crippen LogP contribution in [-0.4, -0.2) is 28.2 Å². The lowest BCUT2D eigenvalue weighted by atomic mass is 10.2. The van der Waals surface area contributed by atoms with Crippen molar-refractivity contribution >= 4 is 41.6 Å². The Morgan fingerprint density at radius 2 is 1.83 bits per heavy atom. The zero-order valence-electron chi connectivity index (χ0n) is 12.5. The van der Waals surface area contributed by atoms with Gasteiger partial charge in [0.15, 0.2) is 5.82 Å². The Morgan fingerprint density at radius 3 is 2.46 bits per heavy atom. The fourth-order valence-electron chi connectivity index (χ4n) is 2.08. The van der Waals surface area contributed by atoms with Crippen LogP contribution >= 0.6 is 35.4 Å². The Bertz CT molecular complexity index is 927. The average Bonchev–Trinajstić information content (AvgIpc) is 2.95. The normalized spacial score (nSPS) is 11.1. The van der Waals surface area contributed by atoms with E-state index in [1.165, 1.54) is 4.68 Å². The summed E-state index contributed by atoms with van der Waals surface area (Å²) in [7, 11) is 1.61. The van der Waals surface area contributed by atoms with Crippen LogP contribution in [0, 0.1) is 4.77 Å². The zero-order valence-corrected chi connectivity index (χ0v) is 14.9. The molecule has 1 N–H and O–H groups in total. The largest absolute Gasteiger partial charge is 0.497 e. The van der Waals surface area contributed by atoms with Crippen LogP contribution in [0.2, 0.25) is 10.0 Å². The number of nitrogens with zero attached hydrogens (tertiary/aromatic N) is 3. The molecule has 0 amide bonds. The predicted molar refractivity (Wildman–Crippen MR) is 98.9 cm³/mol. The van der Waals surface area contributed by atoms with Crippen molar-refractivity contribution in [2.24, 2.45) is 5.10 Å². The molecule has 3 aromatic rings. The summed E-state index contributed by atoms with van der Waals surface area (Å²) in [6.45, 7) is 0. The standard InChI is InChI=1S/C16H12Cl2N4OS/c1-23-11-7-5-10(6-8-11)15-20-21-16(24)22(15)19-9-12-13(17)3-2-4-14(12)18/h2-9H,1H3,(H,21,24). The zero-order chi connectivity index (χ0) is 17.1. The van der Waals surface area contributed by atoms with Crippen molar-refractivity contribution in [1.82, 2.24) is 14.9 Å². The van der Waals surface area contributed by atoms with Crippen LogP contribution < -0.4 is 4.74 Å². The van der Waals surface area contributed by atoms with Crippen molar-refractivity contribution in [3.8, 4) is 17.1 Å². The van der Waals surface area contributed by atoms with Crippen LogP contribution in [-0.2, 0) is 0 Å². The summed E-state index contributed by atoms with van der Waals surface area (Å²) >= 11 is 17.5. The van der Waals surface area contributed by atoms with Gasteiger partial charge in [0.2, 0.25) is 4.77 Å². The first-order valence-electron chi connectivity index (χ1n) is 6.90. The van der Waals surface area contributed by atoms with Gasteiger partial charge in [-0.15, -0.1) is 0 Å². The number of hydrogen-bond acceptors (Lipinski definition) is 4. The fraction of sp³-hybridized carbons (Fsp3) is 0.0625. The lowest BCUT2D eigenvalue weighted by Gasteiger charge is -2.04. The number of ether oxygens (including phenoxy) is 1. The number of aromatic nitrogens is 3. The average molecular weight is 379 g/mol. The van der Waals surface area contributed by atoms with Crippen molar-refractivity contribution in [1.29, 1.82) is 0 Å². The number of hydrogen-bond donors (Lipinski definition) is 1. The Hall–Kier alpha value is -2.15. The van der Waals surface area contributed by atoms with E-state index in [4.69, 9.17) is 40.2 Å². The van der Waals surface area contributed by atoms with Gasteiger partial charge in [0.05, 0.1) is 23.4 Å². The van der Waals surface area contributed by atoms with E-state index < -0.39 is 0 Å². The third-order valence-corrected chi connectivity index (χ3v) is 4.22. The van der Waals surface area contributed by atoms with Gasteiger partial charge >= 0.3 is 0 Å². The monoisotopic (exact) mass is 378 g/mol. The van der Waals surface area contributed by atoms with Crippen LogP contribution in [0.5, 0.6) is 5.75 Å². The van der Waals surface area contributed by atoms with Gasteiger partial charge in [0.1, 0.15) is 5.75 Å². The van der Waals surface area contributed by atoms with Crippen LogP contribution in [0.1, 0.15) is 5.56 Å². The van der Waals surface area contributed by atoms with Crippen molar-refractivity contribution in [2.45, 2.75) is 0 Å². The lowest BCUT2D eigenvalue weighted by molar-refractivity contribution is 0.415. The minimum Gasteiger partial charge on any atom is -0.497 e. The van der Waals surface area contributed by atoms with Gasteiger partial charge < -0.3 is 4.74 Å². The highest BCUT2D eigenvalue weighted by atomic mass is 35.5. The van der Waals surface area contributed by atoms with E-state index in [1.807, 2.05) is 24.3 Å². The number of nitrogens with one attached hydrogen (secondary N) is 1. The van der Waals surface area contributed by atoms with E-state index in [-0.39, 0.29) is 0 Å². The van der Waals surface area contributed by atoms with Crippen molar-refractivity contribution < 1.29 is 4.74 Å². The van der Waals surface area contributed by atoms with E-state index >= 15 is 0 Å². The number of methoxy groups -OCH3 is 1. The molecule has 1 aromatic heterocycles. The molecule has 122 valence electrons. The van der Waals surface area contributed by atoms with Gasteiger partial charge in [0.25, 0.3) is 0 Å². The molecule has 0 atom stereocenters. The Morgan fingerprint density at radius 1 is 1.17 bits per heavy atom. The summed E-state index contributed by atoms with van der Waals surface area (Å²) < 4.78 is 7.03. The summed E-state index contributed by atoms with van der Waals surface area (Å²) in [5.41, 5.74) is 1.45. The molecule has 0 radical (unpaired) electrons. The first kappa shape index (κ1) is 16.7. The summed E-state index contributed by atoms with van der Waals surface area (Å²) in [4.78, 5) is 0. The molecule has 0 aliphatic carbocycles. The van der Waals surface area contributed by atoms with Gasteiger partial charge in [0, 0.05) is 11.1 Å². The van der Waals surface area contributed by atoms with E-state index in [0.29, 0.717) is 26.2 Å². The Labute approximate surface area is 153 Å². The van der Waals surface area contributed by atoms with Crippen LogP contribution in [0.4, 0.5) is 0 Å². The van der Waals surface area contributed by atoms with Gasteiger partial charge in [-0.3, -0.25) is 0 Å². The third-order valence-electron chi connectivity index (χ3n) is 3.30. The minimum atomic E-state index is 0.361. The van der Waals surface area contributed by atoms with E-state index in [1.54, 1.807) is 31.5 Å². The summed E-state index contributed by atoms with van der Waals surface area (Å²) in [6.07, 6.45) is 1.56. The second-order valence-electron chi connectivity index (χ2n) is 4.77. The van der Waals surface area contributed by atoms with Gasteiger partial charge in [-0.25, -0.2) is 5.10 Å².